The number of carbonyl (C=O) groups excluding carboxylic acids is 1. The smallest absolute Gasteiger partial charge is 0.224 e. The van der Waals surface area contributed by atoms with Gasteiger partial charge in [0.15, 0.2) is 5.75 Å². The van der Waals surface area contributed by atoms with E-state index < -0.39 is 0 Å². The first-order chi connectivity index (χ1) is 8.58. The van der Waals surface area contributed by atoms with Crippen molar-refractivity contribution in [1.29, 1.82) is 0 Å². The maximum absolute atomic E-state index is 11.7. The van der Waals surface area contributed by atoms with Crippen molar-refractivity contribution in [2.75, 3.05) is 17.8 Å². The van der Waals surface area contributed by atoms with Crippen molar-refractivity contribution in [1.82, 2.24) is 0 Å². The molecule has 0 aliphatic heterocycles. The number of halogens is 3. The molecule has 1 aromatic carbocycles. The average Bonchev–Trinajstić information content (AvgIpc) is 2.31. The zero-order valence-electron chi connectivity index (χ0n) is 9.93. The first-order valence-corrected chi connectivity index (χ1v) is 7.26. The first kappa shape index (κ1) is 15.6. The van der Waals surface area contributed by atoms with Crippen LogP contribution in [0.1, 0.15) is 19.8 Å². The molecule has 3 nitrogen and oxygen atoms in total. The summed E-state index contributed by atoms with van der Waals surface area (Å²) in [5.41, 5.74) is 0.566. The van der Waals surface area contributed by atoms with E-state index in [9.17, 15) is 4.79 Å². The van der Waals surface area contributed by atoms with Crippen LogP contribution >= 0.6 is 39.1 Å². The molecule has 0 saturated carbocycles. The number of ether oxygens (including phenoxy) is 1. The molecule has 0 aliphatic rings. The topological polar surface area (TPSA) is 38.3 Å². The number of rotatable bonds is 6. The van der Waals surface area contributed by atoms with E-state index in [0.29, 0.717) is 46.3 Å². The second-order valence-corrected chi connectivity index (χ2v) is 5.21. The summed E-state index contributed by atoms with van der Waals surface area (Å²) >= 11 is 14.9. The molecule has 0 atom stereocenters. The molecule has 100 valence electrons. The number of hydrogen-bond donors (Lipinski definition) is 1. The number of hydrogen-bond acceptors (Lipinski definition) is 2. The second kappa shape index (κ2) is 7.87. The zero-order chi connectivity index (χ0) is 13.5. The fraction of sp³-hybridized carbons (Fsp3) is 0.417. The van der Waals surface area contributed by atoms with E-state index >= 15 is 0 Å². The minimum atomic E-state index is -0.106. The molecular formula is C12H14BrCl2NO2. The van der Waals surface area contributed by atoms with Gasteiger partial charge in [-0.2, -0.15) is 0 Å². The van der Waals surface area contributed by atoms with Crippen LogP contribution in [0.4, 0.5) is 5.69 Å². The Morgan fingerprint density at radius 1 is 1.50 bits per heavy atom. The lowest BCUT2D eigenvalue weighted by atomic mass is 10.2. The molecular weight excluding hydrogens is 341 g/mol. The lowest BCUT2D eigenvalue weighted by Gasteiger charge is -2.13. The Bertz CT molecular complexity index is 427. The fourth-order valence-electron chi connectivity index (χ4n) is 1.38. The van der Waals surface area contributed by atoms with E-state index in [-0.39, 0.29) is 5.91 Å². The summed E-state index contributed by atoms with van der Waals surface area (Å²) in [6.07, 6.45) is 1.01. The third-order valence-electron chi connectivity index (χ3n) is 2.11. The molecule has 1 aromatic rings. The fourth-order valence-corrected chi connectivity index (χ4v) is 2.44. The maximum atomic E-state index is 11.7. The quantitative estimate of drug-likeness (QED) is 0.766. The Morgan fingerprint density at radius 2 is 2.22 bits per heavy atom. The number of alkyl halides is 1. The summed E-state index contributed by atoms with van der Waals surface area (Å²) in [7, 11) is 0. The van der Waals surface area contributed by atoms with Gasteiger partial charge in [-0.1, -0.05) is 11.6 Å². The summed E-state index contributed by atoms with van der Waals surface area (Å²) < 4.78 is 6.19. The van der Waals surface area contributed by atoms with Crippen LogP contribution in [0.25, 0.3) is 0 Å². The maximum Gasteiger partial charge on any atom is 0.224 e. The molecule has 1 N–H and O–H groups in total. The van der Waals surface area contributed by atoms with Gasteiger partial charge in [0.2, 0.25) is 5.91 Å². The van der Waals surface area contributed by atoms with Gasteiger partial charge >= 0.3 is 0 Å². The van der Waals surface area contributed by atoms with Crippen molar-refractivity contribution in [3.05, 3.63) is 21.6 Å². The number of carbonyl (C=O) groups is 1. The van der Waals surface area contributed by atoms with Crippen LogP contribution in [0, 0.1) is 0 Å². The van der Waals surface area contributed by atoms with Gasteiger partial charge in [0.05, 0.1) is 16.8 Å². The summed E-state index contributed by atoms with van der Waals surface area (Å²) in [6, 6.07) is 3.39. The normalized spacial score (nSPS) is 10.2. The number of benzene rings is 1. The number of amides is 1. The van der Waals surface area contributed by atoms with Crippen LogP contribution in [-0.4, -0.2) is 18.4 Å². The Hall–Kier alpha value is -0.450. The summed E-state index contributed by atoms with van der Waals surface area (Å²) in [5.74, 6) is 0.942. The third-order valence-corrected chi connectivity index (χ3v) is 3.18. The predicted molar refractivity (Wildman–Crippen MR) is 78.9 cm³/mol. The standard InChI is InChI=1S/C12H14BrCl2NO2/c1-2-18-12-9(13)6-8(15)7-10(12)16-11(17)4-3-5-14/h6-7H,2-5H2,1H3,(H,16,17). The molecule has 0 radical (unpaired) electrons. The van der Waals surface area contributed by atoms with Crippen molar-refractivity contribution in [2.45, 2.75) is 19.8 Å². The van der Waals surface area contributed by atoms with E-state index in [1.165, 1.54) is 0 Å². The zero-order valence-corrected chi connectivity index (χ0v) is 13.0. The highest BCUT2D eigenvalue weighted by molar-refractivity contribution is 9.10. The molecule has 1 rings (SSSR count). The second-order valence-electron chi connectivity index (χ2n) is 3.54. The number of nitrogens with one attached hydrogen (secondary N) is 1. The van der Waals surface area contributed by atoms with Crippen molar-refractivity contribution in [3.63, 3.8) is 0 Å². The van der Waals surface area contributed by atoms with Gasteiger partial charge in [-0.15, -0.1) is 11.6 Å². The summed E-state index contributed by atoms with van der Waals surface area (Å²) in [5, 5.41) is 3.30. The van der Waals surface area contributed by atoms with Crippen LogP contribution in [0.5, 0.6) is 5.75 Å². The molecule has 0 aliphatic carbocycles. The highest BCUT2D eigenvalue weighted by Crippen LogP contribution is 2.36. The van der Waals surface area contributed by atoms with Crippen molar-refractivity contribution < 1.29 is 9.53 Å². The predicted octanol–water partition coefficient (Wildman–Crippen LogP) is 4.46. The summed E-state index contributed by atoms with van der Waals surface area (Å²) in [6.45, 7) is 2.38. The molecule has 0 fully saturated rings. The highest BCUT2D eigenvalue weighted by Gasteiger charge is 2.12. The van der Waals surface area contributed by atoms with Gasteiger partial charge < -0.3 is 10.1 Å². The van der Waals surface area contributed by atoms with Gasteiger partial charge in [-0.3, -0.25) is 4.79 Å². The molecule has 6 heteroatoms. The Kier molecular flexibility index (Phi) is 6.82. The largest absolute Gasteiger partial charge is 0.491 e. The van der Waals surface area contributed by atoms with Crippen LogP contribution in [0.3, 0.4) is 0 Å². The van der Waals surface area contributed by atoms with Crippen LogP contribution in [0.15, 0.2) is 16.6 Å². The Labute approximate surface area is 125 Å². The van der Waals surface area contributed by atoms with Crippen molar-refractivity contribution >= 4 is 50.7 Å². The lowest BCUT2D eigenvalue weighted by Crippen LogP contribution is -2.12. The van der Waals surface area contributed by atoms with E-state index in [1.54, 1.807) is 12.1 Å². The number of anilines is 1. The molecule has 0 heterocycles. The van der Waals surface area contributed by atoms with E-state index in [1.807, 2.05) is 6.92 Å². The van der Waals surface area contributed by atoms with Crippen LogP contribution < -0.4 is 10.1 Å². The Balaban J connectivity index is 2.88. The molecule has 1 amide bonds. The van der Waals surface area contributed by atoms with Crippen LogP contribution in [-0.2, 0) is 4.79 Å². The third kappa shape index (κ3) is 4.67. The van der Waals surface area contributed by atoms with Gasteiger partial charge in [-0.05, 0) is 41.4 Å². The molecule has 0 bridgehead atoms. The molecule has 18 heavy (non-hydrogen) atoms. The SMILES string of the molecule is CCOc1c(Br)cc(Cl)cc1NC(=O)CCCCl. The van der Waals surface area contributed by atoms with Gasteiger partial charge in [0.1, 0.15) is 0 Å². The van der Waals surface area contributed by atoms with Gasteiger partial charge in [0, 0.05) is 17.3 Å². The minimum absolute atomic E-state index is 0.106. The minimum Gasteiger partial charge on any atom is -0.491 e. The Morgan fingerprint density at radius 3 is 2.83 bits per heavy atom. The lowest BCUT2D eigenvalue weighted by molar-refractivity contribution is -0.116. The first-order valence-electron chi connectivity index (χ1n) is 5.56. The molecule has 0 spiro atoms. The van der Waals surface area contributed by atoms with E-state index in [4.69, 9.17) is 27.9 Å². The van der Waals surface area contributed by atoms with E-state index in [0.717, 1.165) is 0 Å². The van der Waals surface area contributed by atoms with Crippen molar-refractivity contribution in [3.8, 4) is 5.75 Å². The molecule has 0 saturated heterocycles. The summed E-state index contributed by atoms with van der Waals surface area (Å²) in [4.78, 5) is 11.7. The monoisotopic (exact) mass is 353 g/mol. The average molecular weight is 355 g/mol. The van der Waals surface area contributed by atoms with Crippen LogP contribution in [0.2, 0.25) is 5.02 Å². The van der Waals surface area contributed by atoms with Gasteiger partial charge in [0.25, 0.3) is 0 Å². The molecule has 0 aromatic heterocycles. The molecule has 0 unspecified atom stereocenters. The van der Waals surface area contributed by atoms with E-state index in [2.05, 4.69) is 21.2 Å². The van der Waals surface area contributed by atoms with Gasteiger partial charge in [-0.25, -0.2) is 0 Å². The highest BCUT2D eigenvalue weighted by atomic mass is 79.9. The van der Waals surface area contributed by atoms with Crippen molar-refractivity contribution in [2.24, 2.45) is 0 Å².